The molecule has 1 aliphatic heterocycles. The van der Waals surface area contributed by atoms with Gasteiger partial charge in [0, 0.05) is 12.2 Å². The molecule has 102 valence electrons. The van der Waals surface area contributed by atoms with Crippen molar-refractivity contribution in [1.82, 2.24) is 4.90 Å². The van der Waals surface area contributed by atoms with Crippen molar-refractivity contribution in [1.29, 1.82) is 0 Å². The van der Waals surface area contributed by atoms with Crippen LogP contribution in [0, 0.1) is 0 Å². The Labute approximate surface area is 116 Å². The molecule has 0 saturated carbocycles. The van der Waals surface area contributed by atoms with Crippen LogP contribution in [0.25, 0.3) is 5.57 Å². The third kappa shape index (κ3) is 2.55. The minimum Gasteiger partial charge on any atom is -0.399 e. The topological polar surface area (TPSA) is 29.3 Å². The first-order valence-corrected chi connectivity index (χ1v) is 7.60. The highest BCUT2D eigenvalue weighted by Gasteiger charge is 2.20. The standard InChI is InChI=1S/C17H24N2/c1-2-16-14(12-19-9-3-4-10-19)6-5-13-11-15(18)7-8-17(13)16/h7-8,11H,2-6,9-10,12,18H2,1H3. The molecule has 1 aromatic carbocycles. The van der Waals surface area contributed by atoms with Crippen LogP contribution in [0.1, 0.15) is 43.7 Å². The lowest BCUT2D eigenvalue weighted by atomic mass is 9.84. The molecular weight excluding hydrogens is 232 g/mol. The summed E-state index contributed by atoms with van der Waals surface area (Å²) in [6, 6.07) is 6.44. The number of nitrogens with zero attached hydrogens (tertiary/aromatic N) is 1. The van der Waals surface area contributed by atoms with Crippen LogP contribution in [0.3, 0.4) is 0 Å². The second kappa shape index (κ2) is 5.38. The summed E-state index contributed by atoms with van der Waals surface area (Å²) in [5.41, 5.74) is 13.0. The van der Waals surface area contributed by atoms with E-state index in [9.17, 15) is 0 Å². The van der Waals surface area contributed by atoms with Crippen LogP contribution in [0.2, 0.25) is 0 Å². The fraction of sp³-hybridized carbons (Fsp3) is 0.529. The fourth-order valence-electron chi connectivity index (χ4n) is 3.57. The van der Waals surface area contributed by atoms with Crippen molar-refractivity contribution in [3.63, 3.8) is 0 Å². The summed E-state index contributed by atoms with van der Waals surface area (Å²) in [4.78, 5) is 2.62. The summed E-state index contributed by atoms with van der Waals surface area (Å²) in [5.74, 6) is 0. The SMILES string of the molecule is CCC1=C(CN2CCCC2)CCc2cc(N)ccc21. The van der Waals surface area contributed by atoms with Crippen LogP contribution in [0.4, 0.5) is 5.69 Å². The Bertz CT molecular complexity index is 496. The Balaban J connectivity index is 1.91. The van der Waals surface area contributed by atoms with Crippen molar-refractivity contribution >= 4 is 11.3 Å². The summed E-state index contributed by atoms with van der Waals surface area (Å²) in [6.45, 7) is 6.04. The smallest absolute Gasteiger partial charge is 0.0317 e. The second-order valence-electron chi connectivity index (χ2n) is 5.84. The van der Waals surface area contributed by atoms with Gasteiger partial charge in [0.1, 0.15) is 0 Å². The molecule has 0 bridgehead atoms. The molecule has 0 atom stereocenters. The van der Waals surface area contributed by atoms with E-state index in [1.807, 2.05) is 6.07 Å². The highest BCUT2D eigenvalue weighted by molar-refractivity contribution is 5.74. The van der Waals surface area contributed by atoms with Gasteiger partial charge < -0.3 is 5.73 Å². The molecule has 0 amide bonds. The van der Waals surface area contributed by atoms with E-state index in [2.05, 4.69) is 24.0 Å². The molecule has 1 aliphatic carbocycles. The number of aryl methyl sites for hydroxylation is 1. The minimum atomic E-state index is 0.900. The van der Waals surface area contributed by atoms with E-state index in [0.717, 1.165) is 18.5 Å². The van der Waals surface area contributed by atoms with Gasteiger partial charge in [0.2, 0.25) is 0 Å². The maximum absolute atomic E-state index is 5.91. The average Bonchev–Trinajstić information content (AvgIpc) is 2.91. The minimum absolute atomic E-state index is 0.900. The van der Waals surface area contributed by atoms with E-state index in [1.54, 1.807) is 11.1 Å². The number of allylic oxidation sites excluding steroid dienone is 1. The molecule has 0 spiro atoms. The largest absolute Gasteiger partial charge is 0.399 e. The zero-order valence-corrected chi connectivity index (χ0v) is 11.9. The molecule has 2 aliphatic rings. The van der Waals surface area contributed by atoms with Gasteiger partial charge in [0.15, 0.2) is 0 Å². The van der Waals surface area contributed by atoms with Crippen LogP contribution in [-0.2, 0) is 6.42 Å². The maximum atomic E-state index is 5.91. The van der Waals surface area contributed by atoms with E-state index < -0.39 is 0 Å². The first-order chi connectivity index (χ1) is 9.28. The maximum Gasteiger partial charge on any atom is 0.0317 e. The number of anilines is 1. The number of hydrogen-bond acceptors (Lipinski definition) is 2. The first kappa shape index (κ1) is 12.7. The summed E-state index contributed by atoms with van der Waals surface area (Å²) in [5, 5.41) is 0. The van der Waals surface area contributed by atoms with Gasteiger partial charge in [-0.05, 0) is 74.0 Å². The van der Waals surface area contributed by atoms with Crippen LogP contribution in [-0.4, -0.2) is 24.5 Å². The van der Waals surface area contributed by atoms with Gasteiger partial charge in [-0.1, -0.05) is 18.6 Å². The van der Waals surface area contributed by atoms with E-state index in [-0.39, 0.29) is 0 Å². The number of likely N-dealkylation sites (tertiary alicyclic amines) is 1. The molecule has 3 rings (SSSR count). The number of benzene rings is 1. The van der Waals surface area contributed by atoms with Gasteiger partial charge in [-0.3, -0.25) is 4.90 Å². The molecule has 19 heavy (non-hydrogen) atoms. The lowest BCUT2D eigenvalue weighted by Crippen LogP contribution is -2.24. The number of nitrogens with two attached hydrogens (primary N) is 1. The molecule has 1 aromatic rings. The van der Waals surface area contributed by atoms with Gasteiger partial charge in [0.25, 0.3) is 0 Å². The van der Waals surface area contributed by atoms with E-state index in [1.165, 1.54) is 50.0 Å². The third-order valence-electron chi connectivity index (χ3n) is 4.54. The highest BCUT2D eigenvalue weighted by Crippen LogP contribution is 2.35. The Morgan fingerprint density at radius 1 is 1.16 bits per heavy atom. The van der Waals surface area contributed by atoms with Gasteiger partial charge in [0.05, 0.1) is 0 Å². The predicted octanol–water partition coefficient (Wildman–Crippen LogP) is 3.47. The van der Waals surface area contributed by atoms with Crippen molar-refractivity contribution in [2.75, 3.05) is 25.4 Å². The summed E-state index contributed by atoms with van der Waals surface area (Å²) >= 11 is 0. The lowest BCUT2D eigenvalue weighted by Gasteiger charge is -2.26. The van der Waals surface area contributed by atoms with Crippen molar-refractivity contribution in [3.8, 4) is 0 Å². The van der Waals surface area contributed by atoms with Gasteiger partial charge in [-0.25, -0.2) is 0 Å². The molecule has 0 aromatic heterocycles. The molecular formula is C17H24N2. The Kier molecular flexibility index (Phi) is 3.61. The van der Waals surface area contributed by atoms with Gasteiger partial charge >= 0.3 is 0 Å². The monoisotopic (exact) mass is 256 g/mol. The third-order valence-corrected chi connectivity index (χ3v) is 4.54. The van der Waals surface area contributed by atoms with Gasteiger partial charge in [-0.15, -0.1) is 0 Å². The second-order valence-corrected chi connectivity index (χ2v) is 5.84. The van der Waals surface area contributed by atoms with Gasteiger partial charge in [-0.2, -0.15) is 0 Å². The van der Waals surface area contributed by atoms with Crippen LogP contribution in [0.5, 0.6) is 0 Å². The Hall–Kier alpha value is -1.28. The zero-order valence-electron chi connectivity index (χ0n) is 11.9. The van der Waals surface area contributed by atoms with E-state index in [0.29, 0.717) is 0 Å². The number of rotatable bonds is 3. The van der Waals surface area contributed by atoms with Crippen LogP contribution < -0.4 is 5.73 Å². The Morgan fingerprint density at radius 3 is 2.68 bits per heavy atom. The number of fused-ring (bicyclic) bond motifs is 1. The quantitative estimate of drug-likeness (QED) is 0.839. The van der Waals surface area contributed by atoms with Crippen molar-refractivity contribution in [3.05, 3.63) is 34.9 Å². The molecule has 2 N–H and O–H groups in total. The number of hydrogen-bond donors (Lipinski definition) is 1. The van der Waals surface area contributed by atoms with E-state index in [4.69, 9.17) is 5.73 Å². The number of nitrogen functional groups attached to an aromatic ring is 1. The molecule has 2 nitrogen and oxygen atoms in total. The Morgan fingerprint density at radius 2 is 1.95 bits per heavy atom. The summed E-state index contributed by atoms with van der Waals surface area (Å²) in [7, 11) is 0. The van der Waals surface area contributed by atoms with Crippen LogP contribution >= 0.6 is 0 Å². The summed E-state index contributed by atoms with van der Waals surface area (Å²) in [6.07, 6.45) is 6.27. The molecule has 0 unspecified atom stereocenters. The normalized spacial score (nSPS) is 19.8. The van der Waals surface area contributed by atoms with E-state index >= 15 is 0 Å². The predicted molar refractivity (Wildman–Crippen MR) is 82.1 cm³/mol. The first-order valence-electron chi connectivity index (χ1n) is 7.60. The molecule has 1 saturated heterocycles. The van der Waals surface area contributed by atoms with Crippen molar-refractivity contribution < 1.29 is 0 Å². The van der Waals surface area contributed by atoms with Crippen molar-refractivity contribution in [2.45, 2.75) is 39.0 Å². The summed E-state index contributed by atoms with van der Waals surface area (Å²) < 4.78 is 0. The average molecular weight is 256 g/mol. The fourth-order valence-corrected chi connectivity index (χ4v) is 3.57. The molecule has 0 radical (unpaired) electrons. The highest BCUT2D eigenvalue weighted by atomic mass is 15.1. The zero-order chi connectivity index (χ0) is 13.2. The van der Waals surface area contributed by atoms with Crippen molar-refractivity contribution in [2.24, 2.45) is 0 Å². The van der Waals surface area contributed by atoms with Crippen LogP contribution in [0.15, 0.2) is 23.8 Å². The molecule has 2 heteroatoms. The molecule has 1 fully saturated rings. The molecule has 1 heterocycles. The lowest BCUT2D eigenvalue weighted by molar-refractivity contribution is 0.364.